The minimum absolute atomic E-state index is 0.286. The second-order valence-electron chi connectivity index (χ2n) is 10.2. The highest BCUT2D eigenvalue weighted by atomic mass is 16.3. The van der Waals surface area contributed by atoms with E-state index in [0.717, 1.165) is 18.3 Å². The van der Waals surface area contributed by atoms with Crippen LogP contribution in [0.15, 0.2) is 0 Å². The highest BCUT2D eigenvalue weighted by molar-refractivity contribution is 4.88. The van der Waals surface area contributed by atoms with Crippen LogP contribution in [0.5, 0.6) is 0 Å². The van der Waals surface area contributed by atoms with Crippen LogP contribution in [-0.4, -0.2) is 28.5 Å². The fourth-order valence-electron chi connectivity index (χ4n) is 5.86. The molecule has 0 aromatic rings. The summed E-state index contributed by atoms with van der Waals surface area (Å²) in [6.45, 7) is 9.32. The van der Waals surface area contributed by atoms with E-state index in [1.807, 2.05) is 0 Å². The Morgan fingerprint density at radius 2 is 1.58 bits per heavy atom. The maximum Gasteiger partial charge on any atom is 0.0949 e. The van der Waals surface area contributed by atoms with Gasteiger partial charge in [0.2, 0.25) is 0 Å². The van der Waals surface area contributed by atoms with Crippen LogP contribution in [-0.2, 0) is 0 Å². The standard InChI is InChI=1S/C23H45NO2/c1-15(2)19-11-10-16(3)12-20(19)17(4)13-22(25)23(26)21(24)14-18-8-6-5-7-9-18/h15-23,25-26H,5-14,24H2,1-4H3/t16?,17?,19?,20?,21-,22-,23+/m0/s1. The number of hydrogen-bond acceptors (Lipinski definition) is 3. The van der Waals surface area contributed by atoms with Gasteiger partial charge in [0.15, 0.2) is 0 Å². The molecular weight excluding hydrogens is 322 g/mol. The predicted molar refractivity (Wildman–Crippen MR) is 110 cm³/mol. The monoisotopic (exact) mass is 367 g/mol. The molecule has 0 bridgehead atoms. The average Bonchev–Trinajstić information content (AvgIpc) is 2.61. The lowest BCUT2D eigenvalue weighted by Gasteiger charge is -2.42. The van der Waals surface area contributed by atoms with Crippen LogP contribution in [0.4, 0.5) is 0 Å². The molecule has 0 spiro atoms. The van der Waals surface area contributed by atoms with E-state index in [1.54, 1.807) is 0 Å². The molecule has 0 saturated heterocycles. The van der Waals surface area contributed by atoms with Gasteiger partial charge in [0.05, 0.1) is 12.2 Å². The van der Waals surface area contributed by atoms with E-state index in [9.17, 15) is 10.2 Å². The molecule has 0 aromatic heterocycles. The highest BCUT2D eigenvalue weighted by Gasteiger charge is 2.36. The van der Waals surface area contributed by atoms with E-state index < -0.39 is 12.2 Å². The van der Waals surface area contributed by atoms with Crippen LogP contribution in [0.25, 0.3) is 0 Å². The van der Waals surface area contributed by atoms with E-state index in [0.29, 0.717) is 30.1 Å². The first-order valence-corrected chi connectivity index (χ1v) is 11.4. The quantitative estimate of drug-likeness (QED) is 0.580. The van der Waals surface area contributed by atoms with E-state index >= 15 is 0 Å². The molecule has 0 heterocycles. The van der Waals surface area contributed by atoms with Crippen LogP contribution in [0.3, 0.4) is 0 Å². The van der Waals surface area contributed by atoms with Crippen molar-refractivity contribution in [2.24, 2.45) is 41.2 Å². The summed E-state index contributed by atoms with van der Waals surface area (Å²) in [5.41, 5.74) is 6.29. The molecular formula is C23H45NO2. The molecule has 2 aliphatic rings. The number of aliphatic hydroxyl groups excluding tert-OH is 2. The predicted octanol–water partition coefficient (Wildman–Crippen LogP) is 4.74. The van der Waals surface area contributed by atoms with E-state index in [1.165, 1.54) is 51.4 Å². The first-order valence-electron chi connectivity index (χ1n) is 11.4. The lowest BCUT2D eigenvalue weighted by atomic mass is 9.65. The zero-order chi connectivity index (χ0) is 19.3. The molecule has 4 N–H and O–H groups in total. The fraction of sp³-hybridized carbons (Fsp3) is 1.00. The van der Waals surface area contributed by atoms with Crippen molar-refractivity contribution in [1.82, 2.24) is 0 Å². The first-order chi connectivity index (χ1) is 12.3. The van der Waals surface area contributed by atoms with Gasteiger partial charge in [0, 0.05) is 6.04 Å². The van der Waals surface area contributed by atoms with Gasteiger partial charge in [-0.2, -0.15) is 0 Å². The molecule has 4 unspecified atom stereocenters. The van der Waals surface area contributed by atoms with E-state index in [-0.39, 0.29) is 6.04 Å². The lowest BCUT2D eigenvalue weighted by Crippen LogP contribution is -2.45. The van der Waals surface area contributed by atoms with Crippen LogP contribution in [0.2, 0.25) is 0 Å². The molecule has 3 nitrogen and oxygen atoms in total. The zero-order valence-electron chi connectivity index (χ0n) is 17.7. The van der Waals surface area contributed by atoms with Crippen molar-refractivity contribution in [3.63, 3.8) is 0 Å². The van der Waals surface area contributed by atoms with Crippen molar-refractivity contribution in [1.29, 1.82) is 0 Å². The fourth-order valence-corrected chi connectivity index (χ4v) is 5.86. The molecule has 2 fully saturated rings. The summed E-state index contributed by atoms with van der Waals surface area (Å²) in [7, 11) is 0. The minimum Gasteiger partial charge on any atom is -0.390 e. The van der Waals surface area contributed by atoms with Gasteiger partial charge in [-0.3, -0.25) is 0 Å². The van der Waals surface area contributed by atoms with E-state index in [4.69, 9.17) is 5.73 Å². The third-order valence-corrected chi connectivity index (χ3v) is 7.58. The Morgan fingerprint density at radius 1 is 0.923 bits per heavy atom. The Labute approximate surface area is 162 Å². The normalized spacial score (nSPS) is 33.0. The lowest BCUT2D eigenvalue weighted by molar-refractivity contribution is -0.0256. The van der Waals surface area contributed by atoms with Crippen molar-refractivity contribution in [2.75, 3.05) is 0 Å². The Bertz CT molecular complexity index is 394. The average molecular weight is 368 g/mol. The van der Waals surface area contributed by atoms with Gasteiger partial charge in [-0.15, -0.1) is 0 Å². The molecule has 2 saturated carbocycles. The molecule has 154 valence electrons. The Kier molecular flexibility index (Phi) is 8.90. The second kappa shape index (κ2) is 10.4. The second-order valence-corrected chi connectivity index (χ2v) is 10.2. The van der Waals surface area contributed by atoms with Gasteiger partial charge in [-0.05, 0) is 61.2 Å². The van der Waals surface area contributed by atoms with Gasteiger partial charge in [-0.25, -0.2) is 0 Å². The van der Waals surface area contributed by atoms with Crippen molar-refractivity contribution in [3.05, 3.63) is 0 Å². The summed E-state index contributed by atoms with van der Waals surface area (Å²) >= 11 is 0. The van der Waals surface area contributed by atoms with Crippen LogP contribution >= 0.6 is 0 Å². The molecule has 2 rings (SSSR count). The molecule has 3 heteroatoms. The summed E-state index contributed by atoms with van der Waals surface area (Å²) in [5, 5.41) is 21.3. The first kappa shape index (κ1) is 22.2. The summed E-state index contributed by atoms with van der Waals surface area (Å²) in [4.78, 5) is 0. The third kappa shape index (κ3) is 6.21. The SMILES string of the molecule is CC1CCC(C(C)C)C(C(C)C[C@H](O)[C@H](O)[C@@H](N)CC2CCCCC2)C1. The summed E-state index contributed by atoms with van der Waals surface area (Å²) in [6.07, 6.45) is 10.4. The van der Waals surface area contributed by atoms with Crippen molar-refractivity contribution in [3.8, 4) is 0 Å². The largest absolute Gasteiger partial charge is 0.390 e. The smallest absolute Gasteiger partial charge is 0.0949 e. The summed E-state index contributed by atoms with van der Waals surface area (Å²) < 4.78 is 0. The van der Waals surface area contributed by atoms with E-state index in [2.05, 4.69) is 27.7 Å². The third-order valence-electron chi connectivity index (χ3n) is 7.58. The number of hydrogen-bond donors (Lipinski definition) is 3. The van der Waals surface area contributed by atoms with Crippen molar-refractivity contribution in [2.45, 2.75) is 110 Å². The summed E-state index contributed by atoms with van der Waals surface area (Å²) in [6, 6.07) is -0.286. The number of rotatable bonds is 8. The van der Waals surface area contributed by atoms with Crippen LogP contribution in [0, 0.1) is 35.5 Å². The van der Waals surface area contributed by atoms with Gasteiger partial charge < -0.3 is 15.9 Å². The van der Waals surface area contributed by atoms with Crippen molar-refractivity contribution >= 4 is 0 Å². The maximum absolute atomic E-state index is 10.7. The molecule has 2 aliphatic carbocycles. The van der Waals surface area contributed by atoms with Crippen LogP contribution < -0.4 is 5.73 Å². The topological polar surface area (TPSA) is 66.5 Å². The highest BCUT2D eigenvalue weighted by Crippen LogP contribution is 2.43. The van der Waals surface area contributed by atoms with Gasteiger partial charge in [-0.1, -0.05) is 66.2 Å². The van der Waals surface area contributed by atoms with Gasteiger partial charge in [0.1, 0.15) is 0 Å². The maximum atomic E-state index is 10.7. The molecule has 0 aliphatic heterocycles. The van der Waals surface area contributed by atoms with Gasteiger partial charge >= 0.3 is 0 Å². The molecule has 0 aromatic carbocycles. The van der Waals surface area contributed by atoms with Crippen LogP contribution in [0.1, 0.15) is 91.9 Å². The molecule has 0 amide bonds. The Hall–Kier alpha value is -0.120. The van der Waals surface area contributed by atoms with Gasteiger partial charge in [0.25, 0.3) is 0 Å². The zero-order valence-corrected chi connectivity index (χ0v) is 17.7. The molecule has 0 radical (unpaired) electrons. The molecule has 26 heavy (non-hydrogen) atoms. The Morgan fingerprint density at radius 3 is 2.19 bits per heavy atom. The van der Waals surface area contributed by atoms with Crippen molar-refractivity contribution < 1.29 is 10.2 Å². The molecule has 7 atom stereocenters. The summed E-state index contributed by atoms with van der Waals surface area (Å²) in [5.74, 6) is 3.98. The Balaban J connectivity index is 1.86. The number of nitrogens with two attached hydrogens (primary N) is 1. The number of aliphatic hydroxyl groups is 2. The minimum atomic E-state index is -0.780.